The molecule has 0 unspecified atom stereocenters. The number of sulfonamides is 1. The first-order valence-electron chi connectivity index (χ1n) is 6.08. The molecule has 2 aromatic heterocycles. The second-order valence-corrected chi connectivity index (χ2v) is 6.30. The average Bonchev–Trinajstić information content (AvgIpc) is 2.41. The number of nitrogens with two attached hydrogens (primary N) is 1. The summed E-state index contributed by atoms with van der Waals surface area (Å²) in [4.78, 5) is 7.88. The van der Waals surface area contributed by atoms with Crippen molar-refractivity contribution in [3.63, 3.8) is 0 Å². The van der Waals surface area contributed by atoms with E-state index >= 15 is 0 Å². The van der Waals surface area contributed by atoms with Gasteiger partial charge in [-0.2, -0.15) is 0 Å². The highest BCUT2D eigenvalue weighted by atomic mass is 32.2. The van der Waals surface area contributed by atoms with E-state index in [-0.39, 0.29) is 5.75 Å². The van der Waals surface area contributed by atoms with Crippen LogP contribution in [0.4, 0.5) is 11.5 Å². The number of nitrogen functional groups attached to an aromatic ring is 1. The van der Waals surface area contributed by atoms with Gasteiger partial charge in [0.25, 0.3) is 0 Å². The molecule has 0 radical (unpaired) electrons. The minimum atomic E-state index is -3.44. The largest absolute Gasteiger partial charge is 0.397 e. The smallest absolute Gasteiger partial charge is 0.234 e. The molecule has 6 nitrogen and oxygen atoms in total. The molecule has 7 heteroatoms. The van der Waals surface area contributed by atoms with E-state index in [9.17, 15) is 8.42 Å². The summed E-state index contributed by atoms with van der Waals surface area (Å²) in [5.41, 5.74) is 7.70. The number of nitrogens with one attached hydrogen (secondary N) is 1. The molecule has 0 aliphatic carbocycles. The molecular weight excluding hydrogens is 276 g/mol. The van der Waals surface area contributed by atoms with Crippen LogP contribution in [-0.4, -0.2) is 24.1 Å². The van der Waals surface area contributed by atoms with E-state index in [1.807, 2.05) is 0 Å². The Hall–Kier alpha value is -2.15. The molecule has 2 heterocycles. The second-order valence-electron chi connectivity index (χ2n) is 4.46. The van der Waals surface area contributed by atoms with Gasteiger partial charge >= 0.3 is 0 Å². The maximum absolute atomic E-state index is 12.0. The third-order valence-electron chi connectivity index (χ3n) is 2.76. The van der Waals surface area contributed by atoms with Crippen molar-refractivity contribution in [1.82, 2.24) is 9.97 Å². The molecule has 0 bridgehead atoms. The molecule has 0 saturated heterocycles. The number of aromatic nitrogens is 2. The van der Waals surface area contributed by atoms with Gasteiger partial charge in [0, 0.05) is 12.4 Å². The van der Waals surface area contributed by atoms with Crippen molar-refractivity contribution in [2.45, 2.75) is 13.3 Å². The lowest BCUT2D eigenvalue weighted by molar-refractivity contribution is 0.600. The molecule has 0 aliphatic heterocycles. The lowest BCUT2D eigenvalue weighted by Crippen LogP contribution is -2.19. The van der Waals surface area contributed by atoms with Crippen molar-refractivity contribution in [3.05, 3.63) is 47.9 Å². The van der Waals surface area contributed by atoms with Crippen LogP contribution in [0.5, 0.6) is 0 Å². The summed E-state index contributed by atoms with van der Waals surface area (Å²) in [6.45, 7) is 1.75. The topological polar surface area (TPSA) is 98.0 Å². The fourth-order valence-corrected chi connectivity index (χ4v) is 2.82. The Bertz CT molecular complexity index is 687. The Balaban J connectivity index is 2.04. The minimum absolute atomic E-state index is 0.0114. The van der Waals surface area contributed by atoms with Crippen molar-refractivity contribution in [2.24, 2.45) is 0 Å². The van der Waals surface area contributed by atoms with Crippen molar-refractivity contribution in [2.75, 3.05) is 16.2 Å². The summed E-state index contributed by atoms with van der Waals surface area (Å²) < 4.78 is 26.5. The lowest BCUT2D eigenvalue weighted by atomic mass is 10.2. The molecule has 0 spiro atoms. The number of nitrogens with zero attached hydrogens (tertiary/aromatic N) is 2. The number of hydrogen-bond donors (Lipinski definition) is 2. The first-order valence-corrected chi connectivity index (χ1v) is 7.73. The van der Waals surface area contributed by atoms with E-state index in [0.29, 0.717) is 23.5 Å². The quantitative estimate of drug-likeness (QED) is 0.867. The molecular formula is C13H16N4O2S. The average molecular weight is 292 g/mol. The van der Waals surface area contributed by atoms with Gasteiger partial charge in [-0.25, -0.2) is 13.4 Å². The summed E-state index contributed by atoms with van der Waals surface area (Å²) in [6, 6.07) is 5.26. The summed E-state index contributed by atoms with van der Waals surface area (Å²) in [5.74, 6) is 0.302. The number of aryl methyl sites for hydroxylation is 2. The number of hydrogen-bond acceptors (Lipinski definition) is 5. The summed E-state index contributed by atoms with van der Waals surface area (Å²) in [5, 5.41) is 0. The van der Waals surface area contributed by atoms with Gasteiger partial charge in [-0.1, -0.05) is 0 Å². The Morgan fingerprint density at radius 3 is 2.65 bits per heavy atom. The predicted molar refractivity (Wildman–Crippen MR) is 78.7 cm³/mol. The summed E-state index contributed by atoms with van der Waals surface area (Å²) in [6.07, 6.45) is 5.13. The highest BCUT2D eigenvalue weighted by Gasteiger charge is 2.13. The highest BCUT2D eigenvalue weighted by Crippen LogP contribution is 2.15. The van der Waals surface area contributed by atoms with Crippen LogP contribution in [0.15, 0.2) is 36.8 Å². The van der Waals surface area contributed by atoms with Crippen molar-refractivity contribution >= 4 is 21.5 Å². The standard InChI is InChI=1S/C13H16N4O2S/c1-10-8-12(14)9-16-13(10)17-20(18,19)7-4-11-2-5-15-6-3-11/h2-3,5-6,8-9H,4,7,14H2,1H3,(H,16,17). The summed E-state index contributed by atoms with van der Waals surface area (Å²) >= 11 is 0. The van der Waals surface area contributed by atoms with Crippen LogP contribution in [0, 0.1) is 6.92 Å². The van der Waals surface area contributed by atoms with Gasteiger partial charge in [-0.05, 0) is 42.7 Å². The molecule has 0 atom stereocenters. The van der Waals surface area contributed by atoms with E-state index in [1.165, 1.54) is 6.20 Å². The Morgan fingerprint density at radius 2 is 2.00 bits per heavy atom. The molecule has 0 fully saturated rings. The van der Waals surface area contributed by atoms with Gasteiger partial charge in [-0.3, -0.25) is 9.71 Å². The van der Waals surface area contributed by atoms with Crippen molar-refractivity contribution < 1.29 is 8.42 Å². The van der Waals surface area contributed by atoms with Crippen LogP contribution >= 0.6 is 0 Å². The lowest BCUT2D eigenvalue weighted by Gasteiger charge is -2.10. The van der Waals surface area contributed by atoms with E-state index in [2.05, 4.69) is 14.7 Å². The molecule has 106 valence electrons. The first-order chi connectivity index (χ1) is 9.46. The maximum Gasteiger partial charge on any atom is 0.234 e. The molecule has 2 aromatic rings. The fraction of sp³-hybridized carbons (Fsp3) is 0.231. The Kier molecular flexibility index (Phi) is 4.19. The van der Waals surface area contributed by atoms with Crippen LogP contribution in [0.2, 0.25) is 0 Å². The van der Waals surface area contributed by atoms with Gasteiger partial charge in [0.15, 0.2) is 0 Å². The van der Waals surface area contributed by atoms with Gasteiger partial charge in [0.1, 0.15) is 5.82 Å². The monoisotopic (exact) mass is 292 g/mol. The number of rotatable bonds is 5. The normalized spacial score (nSPS) is 11.2. The Morgan fingerprint density at radius 1 is 1.30 bits per heavy atom. The number of pyridine rings is 2. The zero-order valence-corrected chi connectivity index (χ0v) is 11.9. The van der Waals surface area contributed by atoms with E-state index in [0.717, 1.165) is 5.56 Å². The molecule has 0 aromatic carbocycles. The predicted octanol–water partition coefficient (Wildman–Crippen LogP) is 1.35. The first kappa shape index (κ1) is 14.3. The summed E-state index contributed by atoms with van der Waals surface area (Å²) in [7, 11) is -3.44. The fourth-order valence-electron chi connectivity index (χ4n) is 1.70. The van der Waals surface area contributed by atoms with E-state index < -0.39 is 10.0 Å². The molecule has 2 rings (SSSR count). The van der Waals surface area contributed by atoms with Gasteiger partial charge in [-0.15, -0.1) is 0 Å². The SMILES string of the molecule is Cc1cc(N)cnc1NS(=O)(=O)CCc1ccncc1. The van der Waals surface area contributed by atoms with Gasteiger partial charge in [0.05, 0.1) is 17.6 Å². The van der Waals surface area contributed by atoms with E-state index in [1.54, 1.807) is 37.5 Å². The molecule has 20 heavy (non-hydrogen) atoms. The Labute approximate surface area is 118 Å². The van der Waals surface area contributed by atoms with Crippen LogP contribution in [0.25, 0.3) is 0 Å². The van der Waals surface area contributed by atoms with Crippen molar-refractivity contribution in [1.29, 1.82) is 0 Å². The zero-order valence-electron chi connectivity index (χ0n) is 11.1. The van der Waals surface area contributed by atoms with Gasteiger partial charge < -0.3 is 5.73 Å². The van der Waals surface area contributed by atoms with Crippen LogP contribution in [-0.2, 0) is 16.4 Å². The molecule has 0 amide bonds. The highest BCUT2D eigenvalue weighted by molar-refractivity contribution is 7.92. The van der Waals surface area contributed by atoms with Crippen LogP contribution in [0.1, 0.15) is 11.1 Å². The van der Waals surface area contributed by atoms with Crippen molar-refractivity contribution in [3.8, 4) is 0 Å². The number of anilines is 2. The second kappa shape index (κ2) is 5.87. The molecule has 0 aliphatic rings. The van der Waals surface area contributed by atoms with Crippen LogP contribution < -0.4 is 10.5 Å². The third kappa shape index (κ3) is 3.92. The zero-order chi connectivity index (χ0) is 14.6. The van der Waals surface area contributed by atoms with Gasteiger partial charge in [0.2, 0.25) is 10.0 Å². The third-order valence-corrected chi connectivity index (χ3v) is 4.01. The minimum Gasteiger partial charge on any atom is -0.397 e. The van der Waals surface area contributed by atoms with E-state index in [4.69, 9.17) is 5.73 Å². The maximum atomic E-state index is 12.0. The molecule has 3 N–H and O–H groups in total. The molecule has 0 saturated carbocycles. The van der Waals surface area contributed by atoms with Crippen LogP contribution in [0.3, 0.4) is 0 Å².